The zero-order chi connectivity index (χ0) is 26.1. The van der Waals surface area contributed by atoms with Crippen molar-refractivity contribution >= 4 is 58.5 Å². The summed E-state index contributed by atoms with van der Waals surface area (Å²) in [4.78, 5) is 14.5. The Morgan fingerprint density at radius 3 is 1.57 bits per heavy atom. The van der Waals surface area contributed by atoms with E-state index in [4.69, 9.17) is 9.97 Å². The minimum atomic E-state index is -0.875. The van der Waals surface area contributed by atoms with Crippen molar-refractivity contribution in [3.05, 3.63) is 12.1 Å². The lowest BCUT2D eigenvalue weighted by Gasteiger charge is -2.41. The number of hydrogen-bond acceptors (Lipinski definition) is 2. The molecule has 1 heterocycles. The monoisotopic (exact) mass is 556 g/mol. The Morgan fingerprint density at radius 2 is 1.14 bits per heavy atom. The lowest BCUT2D eigenvalue weighted by Crippen LogP contribution is -2.28. The second-order valence-electron chi connectivity index (χ2n) is 9.53. The average Bonchev–Trinajstić information content (AvgIpc) is 2.90. The molecule has 0 bridgehead atoms. The Morgan fingerprint density at radius 1 is 0.686 bits per heavy atom. The fourth-order valence-electron chi connectivity index (χ4n) is 5.21. The number of unbranched alkanes of at least 4 members (excludes halogenated alkanes) is 2. The highest BCUT2D eigenvalue weighted by Gasteiger charge is 2.30. The predicted octanol–water partition coefficient (Wildman–Crippen LogP) is 8.72. The summed E-state index contributed by atoms with van der Waals surface area (Å²) >= 11 is 0. The van der Waals surface area contributed by atoms with Gasteiger partial charge in [0.1, 0.15) is 11.0 Å². The minimum Gasteiger partial charge on any atom is -0.243 e. The van der Waals surface area contributed by atoms with Crippen LogP contribution in [0.15, 0.2) is 21.9 Å². The summed E-state index contributed by atoms with van der Waals surface area (Å²) in [6.07, 6.45) is 7.67. The van der Waals surface area contributed by atoms with Crippen molar-refractivity contribution in [2.75, 3.05) is 53.5 Å². The molecule has 35 heavy (non-hydrogen) atoms. The van der Waals surface area contributed by atoms with Crippen LogP contribution in [-0.4, -0.2) is 63.5 Å². The fourth-order valence-corrected chi connectivity index (χ4v) is 15.0. The van der Waals surface area contributed by atoms with Gasteiger partial charge in [0, 0.05) is 9.79 Å². The predicted molar refractivity (Wildman–Crippen MR) is 174 cm³/mol. The second kappa shape index (κ2) is 14.9. The molecule has 1 aromatic heterocycles. The summed E-state index contributed by atoms with van der Waals surface area (Å²) in [7, 11) is -1.21. The second-order valence-corrected chi connectivity index (χ2v) is 21.7. The molecule has 202 valence electrons. The van der Waals surface area contributed by atoms with Crippen molar-refractivity contribution in [3.63, 3.8) is 0 Å². The molecule has 0 spiro atoms. The van der Waals surface area contributed by atoms with Crippen LogP contribution in [0.5, 0.6) is 0 Å². The first-order valence-corrected chi connectivity index (χ1v) is 21.7. The van der Waals surface area contributed by atoms with E-state index in [0.29, 0.717) is 0 Å². The average molecular weight is 557 g/mol. The lowest BCUT2D eigenvalue weighted by molar-refractivity contribution is 0.892. The third kappa shape index (κ3) is 6.77. The zero-order valence-corrected chi connectivity index (χ0v) is 27.8. The Hall–Kier alpha value is 0.120. The normalized spacial score (nSPS) is 14.8. The molecule has 0 aliphatic heterocycles. The molecule has 2 aromatic rings. The molecule has 0 amide bonds. The maximum atomic E-state index is 5.70. The molecule has 0 saturated heterocycles. The molecule has 6 heteroatoms. The van der Waals surface area contributed by atoms with Gasteiger partial charge in [-0.1, -0.05) is 84.7 Å². The number of nitrogens with zero attached hydrogens (tertiary/aromatic N) is 2. The van der Waals surface area contributed by atoms with Crippen LogP contribution in [0, 0.1) is 0 Å². The highest BCUT2D eigenvalue weighted by Crippen LogP contribution is 2.61. The van der Waals surface area contributed by atoms with Gasteiger partial charge in [-0.15, -0.1) is 0 Å². The van der Waals surface area contributed by atoms with Gasteiger partial charge < -0.3 is 0 Å². The van der Waals surface area contributed by atoms with Crippen LogP contribution in [0.1, 0.15) is 81.1 Å². The molecule has 0 aliphatic carbocycles. The quantitative estimate of drug-likeness (QED) is 0.153. The maximum Gasteiger partial charge on any atom is 0.103 e. The van der Waals surface area contributed by atoms with Crippen molar-refractivity contribution < 1.29 is 0 Å². The van der Waals surface area contributed by atoms with Gasteiger partial charge in [-0.05, 0) is 78.5 Å². The van der Waals surface area contributed by atoms with Crippen LogP contribution in [0.4, 0.5) is 0 Å². The van der Waals surface area contributed by atoms with Crippen molar-refractivity contribution in [2.45, 2.75) is 90.9 Å². The van der Waals surface area contributed by atoms with E-state index in [1.165, 1.54) is 94.4 Å². The van der Waals surface area contributed by atoms with Crippen LogP contribution in [0.2, 0.25) is 0 Å². The highest BCUT2D eigenvalue weighted by atomic mass is 32.3. The van der Waals surface area contributed by atoms with Crippen LogP contribution >= 0.6 is 36.6 Å². The number of rotatable bonds is 16. The molecule has 2 rings (SSSR count). The van der Waals surface area contributed by atoms with Gasteiger partial charge in [0.2, 0.25) is 0 Å². The van der Waals surface area contributed by atoms with E-state index in [-0.39, 0.29) is 7.92 Å². The van der Waals surface area contributed by atoms with Gasteiger partial charge in [0.05, 0.1) is 10.9 Å². The minimum absolute atomic E-state index is 0.257. The Kier molecular flexibility index (Phi) is 13.3. The first kappa shape index (κ1) is 31.3. The summed E-state index contributed by atoms with van der Waals surface area (Å²) < 4.78 is 0. The van der Waals surface area contributed by atoms with Crippen molar-refractivity contribution in [1.29, 1.82) is 0 Å². The molecule has 0 N–H and O–H groups in total. The van der Waals surface area contributed by atoms with E-state index in [0.717, 1.165) is 8.58 Å². The smallest absolute Gasteiger partial charge is 0.103 e. The largest absolute Gasteiger partial charge is 0.243 e. The highest BCUT2D eigenvalue weighted by molar-refractivity contribution is 8.34. The van der Waals surface area contributed by atoms with E-state index in [1.54, 1.807) is 9.79 Å². The molecule has 0 saturated carbocycles. The summed E-state index contributed by atoms with van der Waals surface area (Å²) in [6, 6.07) is 5.04. The van der Waals surface area contributed by atoms with Crippen molar-refractivity contribution in [3.8, 4) is 0 Å². The summed E-state index contributed by atoms with van der Waals surface area (Å²) in [5.41, 5.74) is 5.32. The first-order chi connectivity index (χ1) is 16.9. The van der Waals surface area contributed by atoms with Gasteiger partial charge >= 0.3 is 0 Å². The summed E-state index contributed by atoms with van der Waals surface area (Å²) in [5.74, 6) is 7.47. The molecule has 2 atom stereocenters. The van der Waals surface area contributed by atoms with Crippen LogP contribution in [0.25, 0.3) is 11.0 Å². The fraction of sp³-hybridized carbons (Fsp3) is 0.724. The maximum absolute atomic E-state index is 5.70. The van der Waals surface area contributed by atoms with Crippen molar-refractivity contribution in [1.82, 2.24) is 9.97 Å². The van der Waals surface area contributed by atoms with Crippen LogP contribution in [0.3, 0.4) is 0 Å². The van der Waals surface area contributed by atoms with Gasteiger partial charge in [-0.2, -0.15) is 0 Å². The number of fused-ring (bicyclic) bond motifs is 1. The Labute approximate surface area is 224 Å². The molecule has 1 unspecified atom stereocenters. The van der Waals surface area contributed by atoms with Crippen LogP contribution in [-0.2, 0) is 0 Å². The van der Waals surface area contributed by atoms with Crippen molar-refractivity contribution in [2.24, 2.45) is 0 Å². The van der Waals surface area contributed by atoms with Gasteiger partial charge in [-0.3, -0.25) is 0 Å². The lowest BCUT2D eigenvalue weighted by atomic mass is 10.3. The molecule has 0 radical (unpaired) electrons. The van der Waals surface area contributed by atoms with Gasteiger partial charge in [-0.25, -0.2) is 30.0 Å². The molecular formula is C29H54N2P2S2. The molecule has 1 aromatic carbocycles. The SMILES string of the molecule is CCCCPc1nc2c(S(CC)(CC)CC)ccc(S(CC)(CC)CC)c2nc1[P@](C)CCCC. The third-order valence-corrected chi connectivity index (χ3v) is 20.7. The molecule has 2 nitrogen and oxygen atoms in total. The topological polar surface area (TPSA) is 25.8 Å². The first-order valence-electron chi connectivity index (χ1n) is 14.2. The number of hydrogen-bond donors (Lipinski definition) is 0. The molecule has 0 aliphatic rings. The van der Waals surface area contributed by atoms with E-state index < -0.39 is 20.1 Å². The molecule has 0 fully saturated rings. The summed E-state index contributed by atoms with van der Waals surface area (Å²) in [6.45, 7) is 21.5. The Bertz CT molecular complexity index is 910. The van der Waals surface area contributed by atoms with Gasteiger partial charge in [0.25, 0.3) is 0 Å². The van der Waals surface area contributed by atoms with E-state index in [2.05, 4.69) is 74.2 Å². The third-order valence-electron chi connectivity index (χ3n) is 8.01. The molecular weight excluding hydrogens is 502 g/mol. The number of benzene rings is 1. The van der Waals surface area contributed by atoms with Crippen LogP contribution < -0.4 is 10.9 Å². The van der Waals surface area contributed by atoms with Gasteiger partial charge in [0.15, 0.2) is 0 Å². The standard InChI is InChI=1S/C29H54N2P2S2/c1-10-18-22-32-28-29(33(9)23-19-11-2)31-27-25(35(15-6,16-7)17-8)21-20-24(26(27)30-28)34(12-3,13-4)14-5/h20-21,32H,10-19,22-23H2,1-9H3/t33-/m1/s1. The Balaban J connectivity index is 2.95. The zero-order valence-electron chi connectivity index (χ0n) is 24.3. The van der Waals surface area contributed by atoms with E-state index in [1.807, 2.05) is 0 Å². The summed E-state index contributed by atoms with van der Waals surface area (Å²) in [5, 5.41) is 0. The number of aromatic nitrogens is 2. The van der Waals surface area contributed by atoms with E-state index in [9.17, 15) is 0 Å². The van der Waals surface area contributed by atoms with E-state index >= 15 is 0 Å².